The van der Waals surface area contributed by atoms with Gasteiger partial charge in [-0.3, -0.25) is 0 Å². The van der Waals surface area contributed by atoms with Crippen molar-refractivity contribution in [3.63, 3.8) is 0 Å². The predicted octanol–water partition coefficient (Wildman–Crippen LogP) is 0.754. The van der Waals surface area contributed by atoms with Crippen LogP contribution in [-0.4, -0.2) is 23.3 Å². The normalized spacial score (nSPS) is 41.1. The Bertz CT molecular complexity index is 104. The molecule has 10 heavy (non-hydrogen) atoms. The van der Waals surface area contributed by atoms with Crippen LogP contribution in [0.4, 0.5) is 0 Å². The third-order valence-electron chi connectivity index (χ3n) is 2.35. The topological polar surface area (TPSA) is 32.3 Å². The van der Waals surface area contributed by atoms with Crippen LogP contribution in [0.15, 0.2) is 0 Å². The summed E-state index contributed by atoms with van der Waals surface area (Å²) in [5, 5.41) is 12.7. The van der Waals surface area contributed by atoms with Gasteiger partial charge in [0.1, 0.15) is 0 Å². The maximum absolute atomic E-state index is 9.35. The van der Waals surface area contributed by atoms with Crippen molar-refractivity contribution in [1.82, 2.24) is 5.32 Å². The number of aliphatic hydroxyl groups excluding tert-OH is 1. The Labute approximate surface area is 62.6 Å². The van der Waals surface area contributed by atoms with Crippen molar-refractivity contribution < 1.29 is 5.11 Å². The molecule has 0 aromatic rings. The highest BCUT2D eigenvalue weighted by molar-refractivity contribution is 4.89. The fraction of sp³-hybridized carbons (Fsp3) is 1.00. The Hall–Kier alpha value is -0.0800. The van der Waals surface area contributed by atoms with Gasteiger partial charge in [-0.15, -0.1) is 0 Å². The largest absolute Gasteiger partial charge is 0.391 e. The molecule has 60 valence electrons. The van der Waals surface area contributed by atoms with Gasteiger partial charge in [0.15, 0.2) is 0 Å². The van der Waals surface area contributed by atoms with Crippen molar-refractivity contribution >= 4 is 0 Å². The molecule has 2 heteroatoms. The number of nitrogens with one attached hydrogen (secondary N) is 1. The van der Waals surface area contributed by atoms with E-state index in [4.69, 9.17) is 0 Å². The lowest BCUT2D eigenvalue weighted by molar-refractivity contribution is 0.163. The molecule has 0 unspecified atom stereocenters. The lowest BCUT2D eigenvalue weighted by Gasteiger charge is -2.14. The first kappa shape index (κ1) is 8.02. The van der Waals surface area contributed by atoms with Crippen molar-refractivity contribution in [1.29, 1.82) is 0 Å². The zero-order valence-corrected chi connectivity index (χ0v) is 6.96. The maximum atomic E-state index is 9.35. The monoisotopic (exact) mass is 143 g/mol. The highest BCUT2D eigenvalue weighted by Crippen LogP contribution is 2.18. The molecule has 1 fully saturated rings. The lowest BCUT2D eigenvalue weighted by atomic mass is 10.0. The quantitative estimate of drug-likeness (QED) is 0.568. The Morgan fingerprint density at radius 2 is 2.10 bits per heavy atom. The van der Waals surface area contributed by atoms with Crippen LogP contribution in [0.5, 0.6) is 0 Å². The van der Waals surface area contributed by atoms with Crippen LogP contribution in [0.2, 0.25) is 0 Å². The molecule has 0 aromatic carbocycles. The molecule has 2 N–H and O–H groups in total. The van der Waals surface area contributed by atoms with E-state index in [1.54, 1.807) is 0 Å². The molecular weight excluding hydrogens is 126 g/mol. The van der Waals surface area contributed by atoms with Crippen LogP contribution in [0.25, 0.3) is 0 Å². The van der Waals surface area contributed by atoms with Gasteiger partial charge in [-0.1, -0.05) is 13.8 Å². The minimum Gasteiger partial charge on any atom is -0.391 e. The summed E-state index contributed by atoms with van der Waals surface area (Å²) in [6, 6.07) is 0.803. The van der Waals surface area contributed by atoms with E-state index in [1.807, 2.05) is 6.92 Å². The standard InChI is InChI=1S/C8H17NO/c1-5(2)7-4-8(10)6(3)9-7/h5-10H,4H2,1-3H3/t6-,7-,8-/m1/s1. The Morgan fingerprint density at radius 1 is 1.50 bits per heavy atom. The molecule has 1 rings (SSSR count). The lowest BCUT2D eigenvalue weighted by Crippen LogP contribution is -2.32. The number of hydrogen-bond acceptors (Lipinski definition) is 2. The molecular formula is C8H17NO. The van der Waals surface area contributed by atoms with Crippen LogP contribution >= 0.6 is 0 Å². The summed E-state index contributed by atoms with van der Waals surface area (Å²) in [7, 11) is 0. The zero-order valence-electron chi connectivity index (χ0n) is 6.96. The van der Waals surface area contributed by atoms with E-state index in [1.165, 1.54) is 0 Å². The highest BCUT2D eigenvalue weighted by Gasteiger charge is 2.30. The van der Waals surface area contributed by atoms with E-state index in [-0.39, 0.29) is 12.1 Å². The van der Waals surface area contributed by atoms with E-state index >= 15 is 0 Å². The third kappa shape index (κ3) is 1.50. The molecule has 1 aliphatic rings. The van der Waals surface area contributed by atoms with Gasteiger partial charge in [0.2, 0.25) is 0 Å². The van der Waals surface area contributed by atoms with Gasteiger partial charge in [-0.05, 0) is 19.3 Å². The van der Waals surface area contributed by atoms with Crippen molar-refractivity contribution in [3.05, 3.63) is 0 Å². The SMILES string of the molecule is CC(C)[C@H]1C[C@@H](O)[C@@H](C)N1. The predicted molar refractivity (Wildman–Crippen MR) is 41.8 cm³/mol. The average Bonchev–Trinajstić information content (AvgIpc) is 2.13. The minimum atomic E-state index is -0.132. The average molecular weight is 143 g/mol. The van der Waals surface area contributed by atoms with Gasteiger partial charge in [0.05, 0.1) is 6.10 Å². The first-order chi connectivity index (χ1) is 4.61. The smallest absolute Gasteiger partial charge is 0.0705 e. The third-order valence-corrected chi connectivity index (χ3v) is 2.35. The minimum absolute atomic E-state index is 0.132. The van der Waals surface area contributed by atoms with Gasteiger partial charge in [-0.25, -0.2) is 0 Å². The van der Waals surface area contributed by atoms with E-state index in [0.717, 1.165) is 6.42 Å². The second-order valence-corrected chi connectivity index (χ2v) is 3.61. The van der Waals surface area contributed by atoms with E-state index in [0.29, 0.717) is 12.0 Å². The summed E-state index contributed by atoms with van der Waals surface area (Å²) in [5.74, 6) is 0.639. The van der Waals surface area contributed by atoms with Gasteiger partial charge in [-0.2, -0.15) is 0 Å². The molecule has 0 amide bonds. The van der Waals surface area contributed by atoms with Crippen LogP contribution in [0.3, 0.4) is 0 Å². The van der Waals surface area contributed by atoms with E-state index in [9.17, 15) is 5.11 Å². The number of rotatable bonds is 1. The van der Waals surface area contributed by atoms with Crippen LogP contribution < -0.4 is 5.32 Å². The number of aliphatic hydroxyl groups is 1. The molecule has 1 heterocycles. The van der Waals surface area contributed by atoms with Crippen LogP contribution in [0.1, 0.15) is 27.2 Å². The van der Waals surface area contributed by atoms with Gasteiger partial charge in [0.25, 0.3) is 0 Å². The van der Waals surface area contributed by atoms with E-state index < -0.39 is 0 Å². The van der Waals surface area contributed by atoms with Crippen molar-refractivity contribution in [2.24, 2.45) is 5.92 Å². The summed E-state index contributed by atoms with van der Waals surface area (Å²) < 4.78 is 0. The first-order valence-electron chi connectivity index (χ1n) is 4.05. The van der Waals surface area contributed by atoms with Crippen molar-refractivity contribution in [2.45, 2.75) is 45.4 Å². The molecule has 1 saturated heterocycles. The first-order valence-corrected chi connectivity index (χ1v) is 4.05. The van der Waals surface area contributed by atoms with Crippen LogP contribution in [-0.2, 0) is 0 Å². The van der Waals surface area contributed by atoms with Crippen molar-refractivity contribution in [3.8, 4) is 0 Å². The number of hydrogen-bond donors (Lipinski definition) is 2. The molecule has 2 nitrogen and oxygen atoms in total. The molecule has 0 aromatic heterocycles. The molecule has 0 saturated carbocycles. The fourth-order valence-corrected chi connectivity index (χ4v) is 1.45. The Kier molecular flexibility index (Phi) is 2.32. The summed E-state index contributed by atoms with van der Waals surface area (Å²) in [6.45, 7) is 6.40. The highest BCUT2D eigenvalue weighted by atomic mass is 16.3. The molecule has 0 aliphatic carbocycles. The molecule has 0 spiro atoms. The van der Waals surface area contributed by atoms with Gasteiger partial charge >= 0.3 is 0 Å². The fourth-order valence-electron chi connectivity index (χ4n) is 1.45. The van der Waals surface area contributed by atoms with Gasteiger partial charge in [0, 0.05) is 12.1 Å². The molecule has 0 bridgehead atoms. The Balaban J connectivity index is 2.41. The molecule has 0 radical (unpaired) electrons. The zero-order chi connectivity index (χ0) is 7.72. The van der Waals surface area contributed by atoms with Gasteiger partial charge < -0.3 is 10.4 Å². The maximum Gasteiger partial charge on any atom is 0.0705 e. The van der Waals surface area contributed by atoms with Crippen LogP contribution in [0, 0.1) is 5.92 Å². The summed E-state index contributed by atoms with van der Waals surface area (Å²) in [5.41, 5.74) is 0. The second-order valence-electron chi connectivity index (χ2n) is 3.61. The molecule has 3 atom stereocenters. The second kappa shape index (κ2) is 2.89. The summed E-state index contributed by atoms with van der Waals surface area (Å²) >= 11 is 0. The molecule has 1 aliphatic heterocycles. The van der Waals surface area contributed by atoms with E-state index in [2.05, 4.69) is 19.2 Å². The van der Waals surface area contributed by atoms with Crippen molar-refractivity contribution in [2.75, 3.05) is 0 Å². The summed E-state index contributed by atoms with van der Waals surface area (Å²) in [4.78, 5) is 0. The summed E-state index contributed by atoms with van der Waals surface area (Å²) in [6.07, 6.45) is 0.783. The Morgan fingerprint density at radius 3 is 2.30 bits per heavy atom.